The van der Waals surface area contributed by atoms with Crippen LogP contribution in [0.5, 0.6) is 5.75 Å². The van der Waals surface area contributed by atoms with Gasteiger partial charge in [-0.05, 0) is 43.5 Å². The summed E-state index contributed by atoms with van der Waals surface area (Å²) in [5, 5.41) is 0. The molecule has 1 fully saturated rings. The SMILES string of the molecule is C#CCOc1ccc(C)c(C)c1.C=CC1CC(=C)CN1C=O. The van der Waals surface area contributed by atoms with Gasteiger partial charge in [0.05, 0.1) is 6.04 Å². The second-order valence-electron chi connectivity index (χ2n) is 5.27. The van der Waals surface area contributed by atoms with Crippen molar-refractivity contribution in [3.8, 4) is 18.1 Å². The first-order valence-electron chi connectivity index (χ1n) is 7.15. The van der Waals surface area contributed by atoms with E-state index in [0.29, 0.717) is 13.2 Å². The molecule has 0 aromatic heterocycles. The number of nitrogens with zero attached hydrogens (tertiary/aromatic N) is 1. The molecule has 1 saturated heterocycles. The van der Waals surface area contributed by atoms with Crippen molar-refractivity contribution in [3.05, 3.63) is 54.1 Å². The van der Waals surface area contributed by atoms with E-state index < -0.39 is 0 Å². The van der Waals surface area contributed by atoms with Crippen LogP contribution >= 0.6 is 0 Å². The molecule has 1 aromatic carbocycles. The third kappa shape index (κ3) is 5.14. The number of likely N-dealkylation sites (tertiary alicyclic amines) is 1. The molecule has 1 aliphatic rings. The van der Waals surface area contributed by atoms with Crippen molar-refractivity contribution in [2.45, 2.75) is 26.3 Å². The highest BCUT2D eigenvalue weighted by atomic mass is 16.5. The van der Waals surface area contributed by atoms with Crippen molar-refractivity contribution in [1.82, 2.24) is 4.90 Å². The highest BCUT2D eigenvalue weighted by Gasteiger charge is 2.22. The van der Waals surface area contributed by atoms with E-state index >= 15 is 0 Å². The number of hydrogen-bond donors (Lipinski definition) is 0. The predicted molar refractivity (Wildman–Crippen MR) is 90.8 cm³/mol. The molecule has 0 N–H and O–H groups in total. The monoisotopic (exact) mass is 297 g/mol. The molecular formula is C19H23NO2. The number of hydrogen-bond acceptors (Lipinski definition) is 2. The Morgan fingerprint density at radius 1 is 1.45 bits per heavy atom. The zero-order chi connectivity index (χ0) is 16.5. The van der Waals surface area contributed by atoms with Gasteiger partial charge in [-0.1, -0.05) is 30.2 Å². The minimum atomic E-state index is 0.185. The van der Waals surface area contributed by atoms with E-state index in [1.165, 1.54) is 11.1 Å². The van der Waals surface area contributed by atoms with Gasteiger partial charge in [0, 0.05) is 6.54 Å². The zero-order valence-corrected chi connectivity index (χ0v) is 13.3. The van der Waals surface area contributed by atoms with E-state index in [9.17, 15) is 4.79 Å². The Balaban J connectivity index is 0.000000224. The molecule has 1 aliphatic heterocycles. The Kier molecular flexibility index (Phi) is 6.98. The number of amides is 1. The average molecular weight is 297 g/mol. The normalized spacial score (nSPS) is 16.3. The van der Waals surface area contributed by atoms with E-state index in [1.54, 1.807) is 11.0 Å². The average Bonchev–Trinajstić information content (AvgIpc) is 2.89. The van der Waals surface area contributed by atoms with Gasteiger partial charge in [-0.25, -0.2) is 0 Å². The van der Waals surface area contributed by atoms with Gasteiger partial charge < -0.3 is 9.64 Å². The molecule has 1 aromatic rings. The number of terminal acetylenes is 1. The number of ether oxygens (including phenoxy) is 1. The maximum absolute atomic E-state index is 10.4. The van der Waals surface area contributed by atoms with Crippen LogP contribution in [0.1, 0.15) is 17.5 Å². The summed E-state index contributed by atoms with van der Waals surface area (Å²) in [6.07, 6.45) is 8.58. The number of carbonyl (C=O) groups excluding carboxylic acids is 1. The van der Waals surface area contributed by atoms with E-state index in [2.05, 4.69) is 32.9 Å². The first-order valence-corrected chi connectivity index (χ1v) is 7.15. The summed E-state index contributed by atoms with van der Waals surface area (Å²) < 4.78 is 5.25. The first kappa shape index (κ1) is 17.6. The second-order valence-corrected chi connectivity index (χ2v) is 5.27. The van der Waals surface area contributed by atoms with Crippen LogP contribution in [0.15, 0.2) is 43.0 Å². The molecule has 1 heterocycles. The Labute approximate surface area is 133 Å². The summed E-state index contributed by atoms with van der Waals surface area (Å²) in [6, 6.07) is 6.14. The standard InChI is InChI=1S/C11H12O.C8H11NO/c1-4-7-12-11-6-5-9(2)10(3)8-11;1-3-8-4-7(2)5-9(8)6-10/h1,5-6,8H,7H2,2-3H3;3,6,8H,1-2,4-5H2. The van der Waals surface area contributed by atoms with E-state index in [1.807, 2.05) is 18.2 Å². The fourth-order valence-corrected chi connectivity index (χ4v) is 2.12. The lowest BCUT2D eigenvalue weighted by Gasteiger charge is -2.13. The highest BCUT2D eigenvalue weighted by Crippen LogP contribution is 2.19. The van der Waals surface area contributed by atoms with Crippen LogP contribution in [0.3, 0.4) is 0 Å². The zero-order valence-electron chi connectivity index (χ0n) is 13.3. The summed E-state index contributed by atoms with van der Waals surface area (Å²) in [5.74, 6) is 3.27. The lowest BCUT2D eigenvalue weighted by Crippen LogP contribution is -2.25. The van der Waals surface area contributed by atoms with Gasteiger partial charge >= 0.3 is 0 Å². The Hall–Kier alpha value is -2.47. The second kappa shape index (κ2) is 8.74. The molecule has 3 heteroatoms. The third-order valence-electron chi connectivity index (χ3n) is 3.54. The molecule has 0 spiro atoms. The lowest BCUT2D eigenvalue weighted by molar-refractivity contribution is -0.118. The maximum atomic E-state index is 10.4. The van der Waals surface area contributed by atoms with Crippen molar-refractivity contribution < 1.29 is 9.53 Å². The van der Waals surface area contributed by atoms with Gasteiger partial charge in [-0.2, -0.15) is 0 Å². The van der Waals surface area contributed by atoms with Gasteiger partial charge in [-0.3, -0.25) is 4.79 Å². The predicted octanol–water partition coefficient (Wildman–Crippen LogP) is 3.27. The topological polar surface area (TPSA) is 29.5 Å². The molecule has 22 heavy (non-hydrogen) atoms. The summed E-state index contributed by atoms with van der Waals surface area (Å²) in [6.45, 7) is 12.6. The maximum Gasteiger partial charge on any atom is 0.210 e. The molecule has 1 atom stereocenters. The molecule has 116 valence electrons. The third-order valence-corrected chi connectivity index (χ3v) is 3.54. The van der Waals surface area contributed by atoms with Crippen molar-refractivity contribution in [2.75, 3.05) is 13.2 Å². The smallest absolute Gasteiger partial charge is 0.210 e. The molecule has 1 unspecified atom stereocenters. The van der Waals surface area contributed by atoms with Crippen molar-refractivity contribution >= 4 is 6.41 Å². The fourth-order valence-electron chi connectivity index (χ4n) is 2.12. The Morgan fingerprint density at radius 3 is 2.68 bits per heavy atom. The molecule has 3 nitrogen and oxygen atoms in total. The van der Waals surface area contributed by atoms with Gasteiger partial charge in [0.2, 0.25) is 6.41 Å². The number of aryl methyl sites for hydroxylation is 2. The highest BCUT2D eigenvalue weighted by molar-refractivity contribution is 5.51. The molecule has 1 amide bonds. The lowest BCUT2D eigenvalue weighted by atomic mass is 10.1. The van der Waals surface area contributed by atoms with Crippen molar-refractivity contribution in [3.63, 3.8) is 0 Å². The molecule has 0 bridgehead atoms. The molecule has 0 radical (unpaired) electrons. The van der Waals surface area contributed by atoms with Crippen LogP contribution in [0.4, 0.5) is 0 Å². The largest absolute Gasteiger partial charge is 0.481 e. The van der Waals surface area contributed by atoms with E-state index in [0.717, 1.165) is 24.2 Å². The molecule has 2 rings (SSSR count). The minimum absolute atomic E-state index is 0.185. The number of benzene rings is 1. The Bertz CT molecular complexity index is 566. The van der Waals surface area contributed by atoms with Crippen LogP contribution in [0.2, 0.25) is 0 Å². The summed E-state index contributed by atoms with van der Waals surface area (Å²) in [4.78, 5) is 12.1. The van der Waals surface area contributed by atoms with E-state index in [-0.39, 0.29) is 6.04 Å². The van der Waals surface area contributed by atoms with Crippen LogP contribution in [0, 0.1) is 26.2 Å². The van der Waals surface area contributed by atoms with Gasteiger partial charge in [0.15, 0.2) is 0 Å². The number of carbonyl (C=O) groups is 1. The Morgan fingerprint density at radius 2 is 2.18 bits per heavy atom. The van der Waals surface area contributed by atoms with E-state index in [4.69, 9.17) is 11.2 Å². The first-order chi connectivity index (χ1) is 10.5. The van der Waals surface area contributed by atoms with Crippen LogP contribution < -0.4 is 4.74 Å². The summed E-state index contributed by atoms with van der Waals surface area (Å²) >= 11 is 0. The number of rotatable bonds is 4. The summed E-state index contributed by atoms with van der Waals surface area (Å²) in [7, 11) is 0. The molecule has 0 saturated carbocycles. The minimum Gasteiger partial charge on any atom is -0.481 e. The van der Waals surface area contributed by atoms with Gasteiger partial charge in [0.1, 0.15) is 12.4 Å². The van der Waals surface area contributed by atoms with Gasteiger partial charge in [0.25, 0.3) is 0 Å². The molecule has 0 aliphatic carbocycles. The van der Waals surface area contributed by atoms with Crippen molar-refractivity contribution in [1.29, 1.82) is 0 Å². The quantitative estimate of drug-likeness (QED) is 0.485. The van der Waals surface area contributed by atoms with Crippen molar-refractivity contribution in [2.24, 2.45) is 0 Å². The van der Waals surface area contributed by atoms with Crippen LogP contribution in [0.25, 0.3) is 0 Å². The fraction of sp³-hybridized carbons (Fsp3) is 0.316. The van der Waals surface area contributed by atoms with Gasteiger partial charge in [-0.15, -0.1) is 13.0 Å². The van der Waals surface area contributed by atoms with Crippen LogP contribution in [-0.2, 0) is 4.79 Å². The summed E-state index contributed by atoms with van der Waals surface area (Å²) in [5.41, 5.74) is 3.60. The molecular weight excluding hydrogens is 274 g/mol. The van der Waals surface area contributed by atoms with Crippen LogP contribution in [-0.4, -0.2) is 30.5 Å².